The number of thiol groups is 2. The van der Waals surface area contributed by atoms with Gasteiger partial charge in [0.1, 0.15) is 6.10 Å². The normalized spacial score (nSPS) is 11.6. The number of hydrogen-bond acceptors (Lipinski definition) is 4. The molecule has 0 aromatic heterocycles. The van der Waals surface area contributed by atoms with Crippen molar-refractivity contribution in [2.75, 3.05) is 0 Å². The van der Waals surface area contributed by atoms with Gasteiger partial charge in [-0.2, -0.15) is 3.71 Å². The molecule has 1 aromatic rings. The van der Waals surface area contributed by atoms with Crippen LogP contribution in [-0.4, -0.2) is 9.80 Å². The average molecular weight is 241 g/mol. The molecule has 1 atom stereocenters. The second kappa shape index (κ2) is 5.72. The van der Waals surface area contributed by atoms with Crippen LogP contribution in [0.2, 0.25) is 0 Å². The van der Waals surface area contributed by atoms with E-state index in [1.807, 2.05) is 30.3 Å². The topological polar surface area (TPSA) is 29.5 Å². The number of ether oxygens (including phenoxy) is 1. The number of nitrogens with zero attached hydrogens (tertiary/aromatic N) is 1. The summed E-state index contributed by atoms with van der Waals surface area (Å²) >= 11 is 7.42. The van der Waals surface area contributed by atoms with Gasteiger partial charge in [-0.05, 0) is 37.3 Å². The van der Waals surface area contributed by atoms with E-state index in [2.05, 4.69) is 32.2 Å². The lowest BCUT2D eigenvalue weighted by atomic mass is 10.1. The molecule has 0 saturated heterocycles. The minimum atomic E-state index is -0.643. The zero-order valence-corrected chi connectivity index (χ0v) is 9.70. The highest BCUT2D eigenvalue weighted by molar-refractivity contribution is 7.94. The molecule has 0 N–H and O–H groups in total. The maximum Gasteiger partial charge on any atom is 0.430 e. The number of carbonyl (C=O) groups excluding carboxylic acids is 1. The molecular weight excluding hydrogens is 230 g/mol. The summed E-state index contributed by atoms with van der Waals surface area (Å²) in [6, 6.07) is 9.30. The van der Waals surface area contributed by atoms with Crippen LogP contribution < -0.4 is 0 Å². The second-order valence-corrected chi connectivity index (χ2v) is 3.86. The van der Waals surface area contributed by atoms with Gasteiger partial charge in [-0.1, -0.05) is 36.9 Å². The Balaban J connectivity index is 2.73. The van der Waals surface area contributed by atoms with E-state index in [-0.39, 0.29) is 0 Å². The summed E-state index contributed by atoms with van der Waals surface area (Å²) in [5.74, 6) is 0. The maximum absolute atomic E-state index is 11.2. The van der Waals surface area contributed by atoms with Crippen molar-refractivity contribution in [3.8, 4) is 0 Å². The summed E-state index contributed by atoms with van der Waals surface area (Å²) in [6.45, 7) is 3.60. The van der Waals surface area contributed by atoms with E-state index in [1.54, 1.807) is 0 Å². The first-order valence-corrected chi connectivity index (χ1v) is 5.01. The lowest BCUT2D eigenvalue weighted by molar-refractivity contribution is 0.116. The second-order valence-electron chi connectivity index (χ2n) is 2.74. The van der Waals surface area contributed by atoms with Crippen LogP contribution in [0.15, 0.2) is 43.0 Å². The summed E-state index contributed by atoms with van der Waals surface area (Å²) < 4.78 is 5.84. The minimum absolute atomic E-state index is 0.486. The smallest absolute Gasteiger partial charge is 0.430 e. The highest BCUT2D eigenvalue weighted by Gasteiger charge is 2.15. The lowest BCUT2D eigenvalue weighted by Gasteiger charge is -2.16. The number of amides is 1. The Morgan fingerprint density at radius 2 is 2.00 bits per heavy atom. The fraction of sp³-hybridized carbons (Fsp3) is 0.100. The van der Waals surface area contributed by atoms with Gasteiger partial charge in [0.2, 0.25) is 0 Å². The third kappa shape index (κ3) is 3.53. The zero-order valence-electron chi connectivity index (χ0n) is 7.91. The van der Waals surface area contributed by atoms with E-state index in [4.69, 9.17) is 4.74 Å². The van der Waals surface area contributed by atoms with Crippen LogP contribution in [0.3, 0.4) is 0 Å². The molecule has 0 aliphatic heterocycles. The first-order chi connectivity index (χ1) is 7.15. The van der Waals surface area contributed by atoms with Crippen molar-refractivity contribution in [3.05, 3.63) is 48.6 Å². The van der Waals surface area contributed by atoms with Crippen LogP contribution in [0, 0.1) is 0 Å². The zero-order chi connectivity index (χ0) is 11.3. The molecule has 3 nitrogen and oxygen atoms in total. The number of benzene rings is 1. The molecule has 0 radical (unpaired) electrons. The number of carbonyl (C=O) groups is 1. The molecular formula is C10H11NO2S2. The SMILES string of the molecule is C=CC(OC(=O)N(S)S)c1ccccc1. The van der Waals surface area contributed by atoms with Gasteiger partial charge in [0.05, 0.1) is 0 Å². The van der Waals surface area contributed by atoms with Crippen molar-refractivity contribution in [2.24, 2.45) is 0 Å². The number of hydrogen-bond donors (Lipinski definition) is 2. The third-order valence-electron chi connectivity index (χ3n) is 1.73. The summed E-state index contributed by atoms with van der Waals surface area (Å²) in [6.07, 6.45) is 0.411. The third-order valence-corrected chi connectivity index (χ3v) is 2.06. The largest absolute Gasteiger partial charge is 0.436 e. The first kappa shape index (κ1) is 12.0. The molecule has 0 heterocycles. The van der Waals surface area contributed by atoms with Gasteiger partial charge in [0.25, 0.3) is 0 Å². The summed E-state index contributed by atoms with van der Waals surface area (Å²) in [5.41, 5.74) is 0.851. The minimum Gasteiger partial charge on any atom is -0.436 e. The summed E-state index contributed by atoms with van der Waals surface area (Å²) in [7, 11) is 0. The Morgan fingerprint density at radius 1 is 1.40 bits per heavy atom. The van der Waals surface area contributed by atoms with Gasteiger partial charge in [-0.15, -0.1) is 0 Å². The van der Waals surface area contributed by atoms with E-state index in [1.165, 1.54) is 6.08 Å². The van der Waals surface area contributed by atoms with Crippen LogP contribution >= 0.6 is 25.6 Å². The average Bonchev–Trinajstić information content (AvgIpc) is 2.26. The van der Waals surface area contributed by atoms with E-state index < -0.39 is 12.2 Å². The molecule has 0 aliphatic carbocycles. The molecule has 0 spiro atoms. The highest BCUT2D eigenvalue weighted by atomic mass is 32.2. The number of rotatable bonds is 3. The van der Waals surface area contributed by atoms with Crippen LogP contribution in [0.5, 0.6) is 0 Å². The molecule has 5 heteroatoms. The summed E-state index contributed by atoms with van der Waals surface area (Å²) in [5, 5.41) is 0. The molecule has 0 aliphatic rings. The molecule has 1 amide bonds. The molecule has 1 rings (SSSR count). The molecule has 0 fully saturated rings. The van der Waals surface area contributed by atoms with Gasteiger partial charge < -0.3 is 4.74 Å². The lowest BCUT2D eigenvalue weighted by Crippen LogP contribution is -2.16. The molecule has 0 bridgehead atoms. The Morgan fingerprint density at radius 3 is 2.47 bits per heavy atom. The molecule has 80 valence electrons. The van der Waals surface area contributed by atoms with Crippen LogP contribution in [-0.2, 0) is 4.74 Å². The quantitative estimate of drug-likeness (QED) is 0.629. The summed E-state index contributed by atoms with van der Waals surface area (Å²) in [4.78, 5) is 11.2. The molecule has 15 heavy (non-hydrogen) atoms. The van der Waals surface area contributed by atoms with Crippen molar-refractivity contribution < 1.29 is 9.53 Å². The Bertz CT molecular complexity index is 341. The van der Waals surface area contributed by atoms with E-state index in [0.717, 1.165) is 9.27 Å². The Kier molecular flexibility index (Phi) is 4.58. The van der Waals surface area contributed by atoms with Crippen molar-refractivity contribution in [3.63, 3.8) is 0 Å². The van der Waals surface area contributed by atoms with Crippen LogP contribution in [0.1, 0.15) is 11.7 Å². The van der Waals surface area contributed by atoms with Gasteiger partial charge in [-0.25, -0.2) is 4.79 Å². The van der Waals surface area contributed by atoms with Crippen molar-refractivity contribution >= 4 is 31.7 Å². The first-order valence-electron chi connectivity index (χ1n) is 4.21. The van der Waals surface area contributed by atoms with Crippen molar-refractivity contribution in [1.29, 1.82) is 0 Å². The molecule has 1 unspecified atom stereocenters. The van der Waals surface area contributed by atoms with Crippen molar-refractivity contribution in [1.82, 2.24) is 3.71 Å². The van der Waals surface area contributed by atoms with E-state index in [9.17, 15) is 4.79 Å². The highest BCUT2D eigenvalue weighted by Crippen LogP contribution is 2.19. The van der Waals surface area contributed by atoms with Crippen LogP contribution in [0.4, 0.5) is 4.79 Å². The monoisotopic (exact) mass is 241 g/mol. The van der Waals surface area contributed by atoms with Gasteiger partial charge >= 0.3 is 6.09 Å². The Labute approximate surface area is 99.8 Å². The predicted molar refractivity (Wildman–Crippen MR) is 65.7 cm³/mol. The molecule has 1 aromatic carbocycles. The van der Waals surface area contributed by atoms with Gasteiger partial charge in [0, 0.05) is 0 Å². The van der Waals surface area contributed by atoms with Gasteiger partial charge in [-0.3, -0.25) is 0 Å². The van der Waals surface area contributed by atoms with Crippen molar-refractivity contribution in [2.45, 2.75) is 6.10 Å². The fourth-order valence-electron chi connectivity index (χ4n) is 1.05. The van der Waals surface area contributed by atoms with E-state index in [0.29, 0.717) is 0 Å². The maximum atomic E-state index is 11.2. The standard InChI is InChI=1S/C10H11NO2S2/c1-2-9(13-10(12)11(14)15)8-6-4-3-5-7-8/h2-7,9,14-15H,1H2. The predicted octanol–water partition coefficient (Wildman–Crippen LogP) is 3.04. The van der Waals surface area contributed by atoms with E-state index >= 15 is 0 Å². The molecule has 0 saturated carbocycles. The van der Waals surface area contributed by atoms with Crippen LogP contribution in [0.25, 0.3) is 0 Å². The Hall–Kier alpha value is -1.07. The van der Waals surface area contributed by atoms with Gasteiger partial charge in [0.15, 0.2) is 0 Å². The fourth-order valence-corrected chi connectivity index (χ4v) is 1.14.